The van der Waals surface area contributed by atoms with E-state index in [0.29, 0.717) is 23.5 Å². The van der Waals surface area contributed by atoms with Gasteiger partial charge in [-0.05, 0) is 50.1 Å². The third kappa shape index (κ3) is 6.72. The van der Waals surface area contributed by atoms with Gasteiger partial charge in [0.25, 0.3) is 0 Å². The highest BCUT2D eigenvalue weighted by Crippen LogP contribution is 2.39. The number of rotatable bonds is 10. The Morgan fingerprint density at radius 3 is 2.48 bits per heavy atom. The molecule has 0 amide bonds. The molecule has 0 spiro atoms. The van der Waals surface area contributed by atoms with Crippen molar-refractivity contribution in [3.05, 3.63) is 48.4 Å². The van der Waals surface area contributed by atoms with Gasteiger partial charge < -0.3 is 35.2 Å². The van der Waals surface area contributed by atoms with Gasteiger partial charge in [-0.3, -0.25) is 14.9 Å². The van der Waals surface area contributed by atoms with E-state index in [4.69, 9.17) is 15.5 Å². The van der Waals surface area contributed by atoms with E-state index in [-0.39, 0.29) is 0 Å². The Labute approximate surface area is 275 Å². The van der Waals surface area contributed by atoms with Crippen molar-refractivity contribution in [3.8, 4) is 5.75 Å². The number of ether oxygens (including phenoxy) is 1. The molecule has 0 saturated carbocycles. The number of hydrogen-bond acceptors (Lipinski definition) is 13. The third-order valence-corrected chi connectivity index (χ3v) is 9.89. The Hall–Kier alpha value is -4.07. The summed E-state index contributed by atoms with van der Waals surface area (Å²) in [7, 11) is 5.92. The highest BCUT2D eigenvalue weighted by atomic mass is 32.2. The van der Waals surface area contributed by atoms with Crippen LogP contribution in [0.1, 0.15) is 25.3 Å². The van der Waals surface area contributed by atoms with Crippen molar-refractivity contribution < 1.29 is 4.74 Å². The second-order valence-electron chi connectivity index (χ2n) is 11.9. The summed E-state index contributed by atoms with van der Waals surface area (Å²) in [6.45, 7) is 8.96. The van der Waals surface area contributed by atoms with E-state index in [9.17, 15) is 0 Å². The summed E-state index contributed by atoms with van der Waals surface area (Å²) in [5.41, 5.74) is 13.4. The van der Waals surface area contributed by atoms with Crippen LogP contribution in [0.15, 0.2) is 42.9 Å². The molecule has 2 aliphatic rings. The van der Waals surface area contributed by atoms with Crippen LogP contribution >= 0.6 is 11.9 Å². The molecule has 0 unspecified atom stereocenters. The smallest absolute Gasteiger partial charge is 0.229 e. The molecule has 6 rings (SSSR count). The first kappa shape index (κ1) is 31.9. The zero-order valence-corrected chi connectivity index (χ0v) is 28.3. The largest absolute Gasteiger partial charge is 0.494 e. The first-order chi connectivity index (χ1) is 22.4. The van der Waals surface area contributed by atoms with Crippen molar-refractivity contribution >= 4 is 63.2 Å². The summed E-state index contributed by atoms with van der Waals surface area (Å²) in [6, 6.07) is 8.90. The fraction of sp³-hybridized carbons (Fsp3) is 0.455. The number of anilines is 7. The van der Waals surface area contributed by atoms with Crippen molar-refractivity contribution in [2.24, 2.45) is 0 Å². The SMILES string of the molecule is CCc1cc(Nc2ncc(N)c(Nc3ccc4nccnc4c3N(C)SC)n2)c(OC)cc1N1CCC(N2CCN(C)CC2)CC1. The number of likely N-dealkylation sites (N-methyl/N-ethyl adjacent to an activating group) is 1. The van der Waals surface area contributed by atoms with Gasteiger partial charge in [0.05, 0.1) is 41.6 Å². The first-order valence-electron chi connectivity index (χ1n) is 15.9. The minimum absolute atomic E-state index is 0.415. The molecular weight excluding hydrogens is 599 g/mol. The summed E-state index contributed by atoms with van der Waals surface area (Å²) in [6.07, 6.45) is 10.3. The highest BCUT2D eigenvalue weighted by molar-refractivity contribution is 7.99. The minimum Gasteiger partial charge on any atom is -0.494 e. The zero-order chi connectivity index (χ0) is 32.2. The van der Waals surface area contributed by atoms with Gasteiger partial charge in [-0.25, -0.2) is 4.98 Å². The van der Waals surface area contributed by atoms with Crippen LogP contribution in [-0.4, -0.2) is 103 Å². The van der Waals surface area contributed by atoms with E-state index in [1.807, 2.05) is 29.7 Å². The van der Waals surface area contributed by atoms with E-state index in [2.05, 4.69) is 66.4 Å². The lowest BCUT2D eigenvalue weighted by atomic mass is 9.99. The number of nitrogens with one attached hydrogen (secondary N) is 2. The Balaban J connectivity index is 1.22. The second kappa shape index (κ2) is 14.1. The predicted octanol–water partition coefficient (Wildman–Crippen LogP) is 4.99. The lowest BCUT2D eigenvalue weighted by Gasteiger charge is -2.43. The lowest BCUT2D eigenvalue weighted by Crippen LogP contribution is -2.52. The molecule has 0 aliphatic carbocycles. The fourth-order valence-electron chi connectivity index (χ4n) is 6.45. The number of piperazine rings is 1. The Morgan fingerprint density at radius 1 is 1.00 bits per heavy atom. The number of fused-ring (bicyclic) bond motifs is 1. The van der Waals surface area contributed by atoms with Crippen molar-refractivity contribution in [1.82, 2.24) is 29.7 Å². The molecule has 244 valence electrons. The molecule has 4 N–H and O–H groups in total. The summed E-state index contributed by atoms with van der Waals surface area (Å²) in [5, 5.41) is 6.83. The Kier molecular flexibility index (Phi) is 9.81. The zero-order valence-electron chi connectivity index (χ0n) is 27.5. The van der Waals surface area contributed by atoms with Crippen molar-refractivity contribution in [2.75, 3.05) is 92.3 Å². The van der Waals surface area contributed by atoms with Gasteiger partial charge in [0.2, 0.25) is 5.95 Å². The van der Waals surface area contributed by atoms with Crippen LogP contribution in [0.3, 0.4) is 0 Å². The summed E-state index contributed by atoms with van der Waals surface area (Å²) < 4.78 is 7.95. The Morgan fingerprint density at radius 2 is 1.76 bits per heavy atom. The molecular formula is C33H45N11OS. The number of methoxy groups -OCH3 is 1. The maximum Gasteiger partial charge on any atom is 0.229 e. The minimum atomic E-state index is 0.415. The summed E-state index contributed by atoms with van der Waals surface area (Å²) >= 11 is 1.58. The average Bonchev–Trinajstić information content (AvgIpc) is 3.09. The van der Waals surface area contributed by atoms with Crippen LogP contribution in [0.2, 0.25) is 0 Å². The monoisotopic (exact) mass is 643 g/mol. The summed E-state index contributed by atoms with van der Waals surface area (Å²) in [5.74, 6) is 1.66. The maximum atomic E-state index is 6.37. The van der Waals surface area contributed by atoms with Crippen LogP contribution in [-0.2, 0) is 6.42 Å². The molecule has 46 heavy (non-hydrogen) atoms. The van der Waals surface area contributed by atoms with E-state index in [1.54, 1.807) is 37.6 Å². The predicted molar refractivity (Wildman–Crippen MR) is 191 cm³/mol. The van der Waals surface area contributed by atoms with Crippen molar-refractivity contribution in [3.63, 3.8) is 0 Å². The number of nitrogens with zero attached hydrogens (tertiary/aromatic N) is 8. The number of hydrogen-bond donors (Lipinski definition) is 3. The number of nitrogen functional groups attached to an aromatic ring is 1. The van der Waals surface area contributed by atoms with Gasteiger partial charge in [-0.2, -0.15) is 4.98 Å². The van der Waals surface area contributed by atoms with Crippen LogP contribution < -0.4 is 30.3 Å². The van der Waals surface area contributed by atoms with Gasteiger partial charge in [-0.1, -0.05) is 18.9 Å². The van der Waals surface area contributed by atoms with Crippen LogP contribution in [0, 0.1) is 0 Å². The number of piperidine rings is 1. The molecule has 13 heteroatoms. The van der Waals surface area contributed by atoms with Crippen molar-refractivity contribution in [1.29, 1.82) is 0 Å². The first-order valence-corrected chi connectivity index (χ1v) is 17.1. The van der Waals surface area contributed by atoms with E-state index < -0.39 is 0 Å². The second-order valence-corrected chi connectivity index (χ2v) is 12.8. The molecule has 2 aliphatic heterocycles. The van der Waals surface area contributed by atoms with Crippen LogP contribution in [0.4, 0.5) is 40.2 Å². The lowest BCUT2D eigenvalue weighted by molar-refractivity contribution is 0.0982. The molecule has 0 bridgehead atoms. The van der Waals surface area contributed by atoms with E-state index in [0.717, 1.165) is 66.4 Å². The average molecular weight is 644 g/mol. The molecule has 2 saturated heterocycles. The standard InChI is InChI=1S/C33H45N11OS/c1-6-22-19-27(29(45-4)20-28(22)44-13-9-23(10-14-44)43-17-15-41(2)16-18-43)39-33-37-21-24(34)32(40-33)38-26-8-7-25-30(36-12-11-35-25)31(26)42(3)46-5/h7-8,11-12,19-21,23H,6,9-10,13-18,34H2,1-5H3,(H2,37,38,39,40). The number of benzene rings is 2. The Bertz CT molecular complexity index is 1650. The van der Waals surface area contributed by atoms with Gasteiger partial charge >= 0.3 is 0 Å². The molecule has 4 aromatic rings. The quantitative estimate of drug-likeness (QED) is 0.201. The number of aromatic nitrogens is 4. The van der Waals surface area contributed by atoms with E-state index in [1.165, 1.54) is 37.2 Å². The van der Waals surface area contributed by atoms with Gasteiger partial charge in [0.1, 0.15) is 11.3 Å². The molecule has 0 atom stereocenters. The van der Waals surface area contributed by atoms with Crippen molar-refractivity contribution in [2.45, 2.75) is 32.2 Å². The van der Waals surface area contributed by atoms with Gasteiger partial charge in [0.15, 0.2) is 5.82 Å². The normalized spacial score (nSPS) is 16.5. The summed E-state index contributed by atoms with van der Waals surface area (Å²) in [4.78, 5) is 26.0. The number of aryl methyl sites for hydroxylation is 1. The maximum absolute atomic E-state index is 6.37. The van der Waals surface area contributed by atoms with Gasteiger partial charge in [0, 0.05) is 82.8 Å². The topological polar surface area (TPSA) is 124 Å². The van der Waals surface area contributed by atoms with Crippen LogP contribution in [0.5, 0.6) is 5.75 Å². The molecule has 2 aromatic carbocycles. The fourth-order valence-corrected chi connectivity index (χ4v) is 6.82. The number of nitrogens with two attached hydrogens (primary N) is 1. The molecule has 4 heterocycles. The molecule has 2 fully saturated rings. The van der Waals surface area contributed by atoms with E-state index >= 15 is 0 Å². The highest BCUT2D eigenvalue weighted by Gasteiger charge is 2.28. The third-order valence-electron chi connectivity index (χ3n) is 9.16. The van der Waals surface area contributed by atoms with Crippen LogP contribution in [0.25, 0.3) is 11.0 Å². The molecule has 2 aromatic heterocycles. The van der Waals surface area contributed by atoms with Gasteiger partial charge in [-0.15, -0.1) is 0 Å². The molecule has 12 nitrogen and oxygen atoms in total. The molecule has 0 radical (unpaired) electrons.